The number of benzene rings is 2. The highest BCUT2D eigenvalue weighted by Gasteiger charge is 2.38. The number of likely N-dealkylation sites (tertiary alicyclic amines) is 2. The van der Waals surface area contributed by atoms with E-state index in [4.69, 9.17) is 0 Å². The Morgan fingerprint density at radius 2 is 1.94 bits per heavy atom. The topological polar surface area (TPSA) is 55.8 Å². The highest BCUT2D eigenvalue weighted by atomic mass is 19.1. The van der Waals surface area contributed by atoms with Crippen molar-refractivity contribution < 1.29 is 18.7 Å². The van der Waals surface area contributed by atoms with Gasteiger partial charge in [0.05, 0.1) is 6.04 Å². The van der Waals surface area contributed by atoms with E-state index in [1.54, 1.807) is 13.0 Å². The van der Waals surface area contributed by atoms with Crippen LogP contribution in [0.4, 0.5) is 14.5 Å². The minimum absolute atomic E-state index is 0.106. The van der Waals surface area contributed by atoms with Crippen molar-refractivity contribution in [2.75, 3.05) is 32.0 Å². The van der Waals surface area contributed by atoms with Crippen LogP contribution in [0.2, 0.25) is 0 Å². The highest BCUT2D eigenvalue weighted by Crippen LogP contribution is 2.33. The average Bonchev–Trinajstić information content (AvgIpc) is 3.40. The Morgan fingerprint density at radius 1 is 1.18 bits per heavy atom. The summed E-state index contributed by atoms with van der Waals surface area (Å²) in [6.07, 6.45) is 1.62. The molecular formula is C27H35F2N3O2. The summed E-state index contributed by atoms with van der Waals surface area (Å²) in [5.74, 6) is -1.28. The second-order valence-corrected chi connectivity index (χ2v) is 10.1. The molecule has 7 heteroatoms. The summed E-state index contributed by atoms with van der Waals surface area (Å²) < 4.78 is 28.8. The van der Waals surface area contributed by atoms with Gasteiger partial charge in [0.1, 0.15) is 17.9 Å². The van der Waals surface area contributed by atoms with E-state index in [1.165, 1.54) is 18.2 Å². The maximum atomic E-state index is 14.5. The van der Waals surface area contributed by atoms with E-state index in [0.29, 0.717) is 11.3 Å². The minimum atomic E-state index is -0.468. The molecule has 0 aromatic heterocycles. The van der Waals surface area contributed by atoms with Crippen molar-refractivity contribution in [2.45, 2.75) is 58.2 Å². The fraction of sp³-hybridized carbons (Fsp3) is 0.519. The summed E-state index contributed by atoms with van der Waals surface area (Å²) in [6, 6.07) is 7.99. The molecule has 0 saturated carbocycles. The van der Waals surface area contributed by atoms with Gasteiger partial charge in [-0.15, -0.1) is 0 Å². The molecular weight excluding hydrogens is 436 g/mol. The van der Waals surface area contributed by atoms with Gasteiger partial charge < -0.3 is 10.4 Å². The predicted molar refractivity (Wildman–Crippen MR) is 130 cm³/mol. The summed E-state index contributed by atoms with van der Waals surface area (Å²) in [7, 11) is 1.93. The van der Waals surface area contributed by atoms with Crippen molar-refractivity contribution in [2.24, 2.45) is 5.92 Å². The predicted octanol–water partition coefficient (Wildman–Crippen LogP) is 4.21. The standard InChI is InChI=1S/C27H35F2N3O2/c1-16-5-6-24(29)23(18(16)3)11-17(2)26(33)30-22-13-20(12-21(28)14-22)19-7-10-32(15-19)25-8-9-31(4)27(25)34/h5-6,12-14,17,19,25,27,34H,7-11,15H2,1-4H3,(H,30,33). The lowest BCUT2D eigenvalue weighted by atomic mass is 9.93. The number of rotatable bonds is 6. The van der Waals surface area contributed by atoms with Crippen LogP contribution in [-0.4, -0.2) is 59.8 Å². The molecule has 2 saturated heterocycles. The molecule has 2 fully saturated rings. The number of nitrogens with one attached hydrogen (secondary N) is 1. The first kappa shape index (κ1) is 24.8. The summed E-state index contributed by atoms with van der Waals surface area (Å²) >= 11 is 0. The number of likely N-dealkylation sites (N-methyl/N-ethyl adjacent to an activating group) is 1. The quantitative estimate of drug-likeness (QED) is 0.663. The Balaban J connectivity index is 1.42. The zero-order valence-corrected chi connectivity index (χ0v) is 20.4. The van der Waals surface area contributed by atoms with Gasteiger partial charge in [0.2, 0.25) is 5.91 Å². The number of aryl methyl sites for hydroxylation is 1. The molecule has 4 rings (SSSR count). The zero-order chi connectivity index (χ0) is 24.6. The Bertz CT molecular complexity index is 1060. The Morgan fingerprint density at radius 3 is 2.65 bits per heavy atom. The van der Waals surface area contributed by atoms with Crippen molar-refractivity contribution in [3.8, 4) is 0 Å². The zero-order valence-electron chi connectivity index (χ0n) is 20.4. The molecule has 0 aliphatic carbocycles. The van der Waals surface area contributed by atoms with Crippen LogP contribution in [0, 0.1) is 31.4 Å². The van der Waals surface area contributed by atoms with Crippen LogP contribution in [0.1, 0.15) is 47.9 Å². The molecule has 2 aliphatic heterocycles. The van der Waals surface area contributed by atoms with E-state index in [1.807, 2.05) is 31.9 Å². The van der Waals surface area contributed by atoms with E-state index < -0.39 is 12.1 Å². The van der Waals surface area contributed by atoms with Crippen molar-refractivity contribution >= 4 is 11.6 Å². The molecule has 2 aliphatic rings. The summed E-state index contributed by atoms with van der Waals surface area (Å²) in [5.41, 5.74) is 3.67. The molecule has 2 N–H and O–H groups in total. The van der Waals surface area contributed by atoms with Crippen LogP contribution in [0.15, 0.2) is 30.3 Å². The number of anilines is 1. The SMILES string of the molecule is Cc1ccc(F)c(CC(C)C(=O)Nc2cc(F)cc(C3CCN(C4CCN(C)C4O)C3)c2)c1C. The number of carbonyl (C=O) groups excluding carboxylic acids is 1. The highest BCUT2D eigenvalue weighted by molar-refractivity contribution is 5.92. The fourth-order valence-electron chi connectivity index (χ4n) is 5.32. The number of amides is 1. The molecule has 34 heavy (non-hydrogen) atoms. The second-order valence-electron chi connectivity index (χ2n) is 10.1. The molecule has 2 aromatic rings. The molecule has 4 atom stereocenters. The van der Waals surface area contributed by atoms with Crippen molar-refractivity contribution in [3.05, 3.63) is 64.2 Å². The lowest BCUT2D eigenvalue weighted by Crippen LogP contribution is -2.43. The second kappa shape index (κ2) is 10.1. The van der Waals surface area contributed by atoms with Gasteiger partial charge in [-0.05, 0) is 99.1 Å². The normalized spacial score (nSPS) is 24.5. The molecule has 0 spiro atoms. The molecule has 2 aromatic carbocycles. The van der Waals surface area contributed by atoms with E-state index in [9.17, 15) is 18.7 Å². The third kappa shape index (κ3) is 5.16. The first-order valence-electron chi connectivity index (χ1n) is 12.1. The Hall–Kier alpha value is -2.35. The minimum Gasteiger partial charge on any atom is -0.377 e. The van der Waals surface area contributed by atoms with Crippen LogP contribution >= 0.6 is 0 Å². The third-order valence-electron chi connectivity index (χ3n) is 7.69. The molecule has 4 unspecified atom stereocenters. The van der Waals surface area contributed by atoms with Crippen LogP contribution in [0.25, 0.3) is 0 Å². The van der Waals surface area contributed by atoms with Gasteiger partial charge in [0, 0.05) is 24.7 Å². The van der Waals surface area contributed by atoms with Gasteiger partial charge in [0.25, 0.3) is 0 Å². The van der Waals surface area contributed by atoms with Crippen LogP contribution in [-0.2, 0) is 11.2 Å². The van der Waals surface area contributed by atoms with Crippen LogP contribution < -0.4 is 5.32 Å². The number of aliphatic hydroxyl groups is 1. The molecule has 184 valence electrons. The maximum Gasteiger partial charge on any atom is 0.227 e. The number of carbonyl (C=O) groups is 1. The largest absolute Gasteiger partial charge is 0.377 e. The number of hydrogen-bond donors (Lipinski definition) is 2. The molecule has 5 nitrogen and oxygen atoms in total. The lowest BCUT2D eigenvalue weighted by molar-refractivity contribution is -0.119. The third-order valence-corrected chi connectivity index (χ3v) is 7.69. The fourth-order valence-corrected chi connectivity index (χ4v) is 5.32. The van der Waals surface area contributed by atoms with Crippen LogP contribution in [0.3, 0.4) is 0 Å². The van der Waals surface area contributed by atoms with Gasteiger partial charge in [-0.25, -0.2) is 8.78 Å². The molecule has 0 bridgehead atoms. The van der Waals surface area contributed by atoms with Crippen LogP contribution in [0.5, 0.6) is 0 Å². The Labute approximate surface area is 200 Å². The lowest BCUT2D eigenvalue weighted by Gasteiger charge is -2.28. The maximum absolute atomic E-state index is 14.5. The van der Waals surface area contributed by atoms with Gasteiger partial charge in [0.15, 0.2) is 0 Å². The summed E-state index contributed by atoms with van der Waals surface area (Å²) in [4.78, 5) is 17.1. The number of hydrogen-bond acceptors (Lipinski definition) is 4. The first-order valence-corrected chi connectivity index (χ1v) is 12.1. The number of aliphatic hydroxyl groups excluding tert-OH is 1. The van der Waals surface area contributed by atoms with Crippen molar-refractivity contribution in [3.63, 3.8) is 0 Å². The smallest absolute Gasteiger partial charge is 0.227 e. The number of halogens is 2. The van der Waals surface area contributed by atoms with Crippen molar-refractivity contribution in [1.29, 1.82) is 0 Å². The molecule has 2 heterocycles. The van der Waals surface area contributed by atoms with Gasteiger partial charge in [-0.2, -0.15) is 0 Å². The monoisotopic (exact) mass is 471 g/mol. The van der Waals surface area contributed by atoms with E-state index in [-0.39, 0.29) is 35.9 Å². The van der Waals surface area contributed by atoms with E-state index in [0.717, 1.165) is 49.2 Å². The molecule has 1 amide bonds. The van der Waals surface area contributed by atoms with Gasteiger partial charge in [-0.1, -0.05) is 13.0 Å². The van der Waals surface area contributed by atoms with Gasteiger partial charge in [-0.3, -0.25) is 14.6 Å². The van der Waals surface area contributed by atoms with E-state index in [2.05, 4.69) is 10.2 Å². The number of nitrogens with zero attached hydrogens (tertiary/aromatic N) is 2. The molecule has 0 radical (unpaired) electrons. The Kier molecular flexibility index (Phi) is 7.36. The summed E-state index contributed by atoms with van der Waals surface area (Å²) in [6.45, 7) is 8.03. The summed E-state index contributed by atoms with van der Waals surface area (Å²) in [5, 5.41) is 13.3. The average molecular weight is 472 g/mol. The van der Waals surface area contributed by atoms with E-state index >= 15 is 0 Å². The van der Waals surface area contributed by atoms with Gasteiger partial charge >= 0.3 is 0 Å². The van der Waals surface area contributed by atoms with Crippen molar-refractivity contribution in [1.82, 2.24) is 9.80 Å². The first-order chi connectivity index (χ1) is 16.1.